The number of halogens is 3. The zero-order valence-corrected chi connectivity index (χ0v) is 15.7. The fraction of sp³-hybridized carbons (Fsp3) is 0.111. The molecule has 3 aromatic rings. The third-order valence-corrected chi connectivity index (χ3v) is 4.49. The van der Waals surface area contributed by atoms with E-state index < -0.39 is 6.09 Å². The van der Waals surface area contributed by atoms with Gasteiger partial charge < -0.3 is 10.1 Å². The molecule has 8 heteroatoms. The Morgan fingerprint density at radius 3 is 2.58 bits per heavy atom. The number of nitrogens with one attached hydrogen (secondary N) is 1. The molecule has 0 aliphatic carbocycles. The fourth-order valence-corrected chi connectivity index (χ4v) is 3.09. The Morgan fingerprint density at radius 1 is 1.12 bits per heavy atom. The Balaban J connectivity index is 1.54. The summed E-state index contributed by atoms with van der Waals surface area (Å²) in [5.41, 5.74) is 1.55. The van der Waals surface area contributed by atoms with Crippen LogP contribution >= 0.6 is 34.8 Å². The third kappa shape index (κ3) is 4.69. The van der Waals surface area contributed by atoms with Crippen molar-refractivity contribution < 1.29 is 9.53 Å². The van der Waals surface area contributed by atoms with Crippen molar-refractivity contribution in [2.24, 2.45) is 0 Å². The molecule has 0 unspecified atom stereocenters. The maximum absolute atomic E-state index is 11.9. The van der Waals surface area contributed by atoms with Crippen LogP contribution in [0.3, 0.4) is 0 Å². The van der Waals surface area contributed by atoms with Gasteiger partial charge in [-0.1, -0.05) is 46.9 Å². The highest BCUT2D eigenvalue weighted by Crippen LogP contribution is 2.24. The number of aromatic nitrogens is 2. The van der Waals surface area contributed by atoms with Crippen molar-refractivity contribution in [1.82, 2.24) is 15.1 Å². The smallest absolute Gasteiger partial charge is 0.407 e. The predicted molar refractivity (Wildman–Crippen MR) is 103 cm³/mol. The lowest BCUT2D eigenvalue weighted by Crippen LogP contribution is -2.28. The Hall–Kier alpha value is -2.21. The summed E-state index contributed by atoms with van der Waals surface area (Å²) < 4.78 is 6.78. The van der Waals surface area contributed by atoms with Gasteiger partial charge in [0, 0.05) is 21.6 Å². The summed E-state index contributed by atoms with van der Waals surface area (Å²) in [4.78, 5) is 11.9. The molecule has 0 aliphatic heterocycles. The second kappa shape index (κ2) is 8.45. The quantitative estimate of drug-likeness (QED) is 0.632. The molecule has 0 aliphatic rings. The topological polar surface area (TPSA) is 56.1 Å². The molecule has 0 fully saturated rings. The van der Waals surface area contributed by atoms with E-state index in [1.54, 1.807) is 41.2 Å². The molecule has 0 saturated carbocycles. The standard InChI is InChI=1S/C18H14Cl3N3O2/c19-12-3-1-4-13(9-12)24-11-14(10-23-24)26-18(25)22-8-7-15-16(20)5-2-6-17(15)21/h1-6,9-11H,7-8H2,(H,22,25). The number of amides is 1. The molecule has 5 nitrogen and oxygen atoms in total. The summed E-state index contributed by atoms with van der Waals surface area (Å²) in [7, 11) is 0. The van der Waals surface area contributed by atoms with Gasteiger partial charge in [0.25, 0.3) is 0 Å². The first kappa shape index (κ1) is 18.6. The van der Waals surface area contributed by atoms with E-state index in [0.29, 0.717) is 33.8 Å². The van der Waals surface area contributed by atoms with E-state index in [4.69, 9.17) is 39.5 Å². The maximum Gasteiger partial charge on any atom is 0.412 e. The van der Waals surface area contributed by atoms with E-state index in [1.165, 1.54) is 6.20 Å². The van der Waals surface area contributed by atoms with Gasteiger partial charge in [-0.3, -0.25) is 0 Å². The van der Waals surface area contributed by atoms with Crippen LogP contribution < -0.4 is 10.1 Å². The number of nitrogens with zero attached hydrogens (tertiary/aromatic N) is 2. The Morgan fingerprint density at radius 2 is 1.85 bits per heavy atom. The first-order chi connectivity index (χ1) is 12.5. The molecule has 0 bridgehead atoms. The number of hydrogen-bond acceptors (Lipinski definition) is 3. The Labute approximate surface area is 165 Å². The van der Waals surface area contributed by atoms with E-state index in [9.17, 15) is 4.79 Å². The first-order valence-electron chi connectivity index (χ1n) is 7.72. The van der Waals surface area contributed by atoms with E-state index in [2.05, 4.69) is 10.4 Å². The average Bonchev–Trinajstić information content (AvgIpc) is 3.06. The van der Waals surface area contributed by atoms with E-state index >= 15 is 0 Å². The number of carbonyl (C=O) groups is 1. The van der Waals surface area contributed by atoms with Crippen molar-refractivity contribution in [3.63, 3.8) is 0 Å². The van der Waals surface area contributed by atoms with Gasteiger partial charge in [0.05, 0.1) is 18.1 Å². The minimum Gasteiger partial charge on any atom is -0.407 e. The highest BCUT2D eigenvalue weighted by atomic mass is 35.5. The lowest BCUT2D eigenvalue weighted by molar-refractivity contribution is 0.200. The highest BCUT2D eigenvalue weighted by molar-refractivity contribution is 6.36. The largest absolute Gasteiger partial charge is 0.412 e. The van der Waals surface area contributed by atoms with Gasteiger partial charge in [-0.15, -0.1) is 0 Å². The van der Waals surface area contributed by atoms with Crippen molar-refractivity contribution in [3.05, 3.63) is 75.5 Å². The summed E-state index contributed by atoms with van der Waals surface area (Å²) in [6.07, 6.45) is 2.95. The second-order valence-electron chi connectivity index (χ2n) is 5.37. The van der Waals surface area contributed by atoms with Gasteiger partial charge in [0.1, 0.15) is 0 Å². The van der Waals surface area contributed by atoms with Crippen LogP contribution in [0.25, 0.3) is 5.69 Å². The van der Waals surface area contributed by atoms with Crippen molar-refractivity contribution in [2.45, 2.75) is 6.42 Å². The minimum absolute atomic E-state index is 0.318. The van der Waals surface area contributed by atoms with Gasteiger partial charge in [-0.25, -0.2) is 9.48 Å². The molecule has 0 radical (unpaired) electrons. The molecule has 2 aromatic carbocycles. The van der Waals surface area contributed by atoms with Crippen LogP contribution in [0.1, 0.15) is 5.56 Å². The summed E-state index contributed by atoms with van der Waals surface area (Å²) in [6.45, 7) is 0.338. The SMILES string of the molecule is O=C(NCCc1c(Cl)cccc1Cl)Oc1cnn(-c2cccc(Cl)c2)c1. The summed E-state index contributed by atoms with van der Waals surface area (Å²) in [5, 5.41) is 8.53. The molecular weight excluding hydrogens is 397 g/mol. The number of carbonyl (C=O) groups excluding carboxylic acids is 1. The molecule has 0 spiro atoms. The predicted octanol–water partition coefficient (Wildman–Crippen LogP) is 5.16. The summed E-state index contributed by atoms with van der Waals surface area (Å²) in [5.74, 6) is 0.318. The molecule has 3 rings (SSSR count). The molecule has 1 aromatic heterocycles. The summed E-state index contributed by atoms with van der Waals surface area (Å²) in [6, 6.07) is 12.5. The minimum atomic E-state index is -0.584. The molecule has 26 heavy (non-hydrogen) atoms. The number of rotatable bonds is 5. The molecule has 0 atom stereocenters. The van der Waals surface area contributed by atoms with Crippen LogP contribution in [0.2, 0.25) is 15.1 Å². The van der Waals surface area contributed by atoms with Crippen LogP contribution in [0.4, 0.5) is 4.79 Å². The number of ether oxygens (including phenoxy) is 1. The maximum atomic E-state index is 11.9. The lowest BCUT2D eigenvalue weighted by atomic mass is 10.1. The van der Waals surface area contributed by atoms with Gasteiger partial charge in [0.2, 0.25) is 0 Å². The first-order valence-corrected chi connectivity index (χ1v) is 8.85. The Kier molecular flexibility index (Phi) is 6.04. The van der Waals surface area contributed by atoms with Crippen molar-refractivity contribution >= 4 is 40.9 Å². The molecule has 0 saturated heterocycles. The van der Waals surface area contributed by atoms with Gasteiger partial charge >= 0.3 is 6.09 Å². The molecule has 1 heterocycles. The van der Waals surface area contributed by atoms with Crippen LogP contribution in [-0.4, -0.2) is 22.4 Å². The van der Waals surface area contributed by atoms with Crippen LogP contribution in [0.5, 0.6) is 5.75 Å². The number of benzene rings is 2. The van der Waals surface area contributed by atoms with E-state index in [-0.39, 0.29) is 0 Å². The van der Waals surface area contributed by atoms with Crippen LogP contribution in [0.15, 0.2) is 54.9 Å². The molecule has 1 N–H and O–H groups in total. The van der Waals surface area contributed by atoms with Crippen LogP contribution in [-0.2, 0) is 6.42 Å². The van der Waals surface area contributed by atoms with Crippen molar-refractivity contribution in [2.75, 3.05) is 6.54 Å². The third-order valence-electron chi connectivity index (χ3n) is 3.55. The van der Waals surface area contributed by atoms with Crippen molar-refractivity contribution in [1.29, 1.82) is 0 Å². The average molecular weight is 411 g/mol. The highest BCUT2D eigenvalue weighted by Gasteiger charge is 2.09. The van der Waals surface area contributed by atoms with Crippen LogP contribution in [0, 0.1) is 0 Å². The fourth-order valence-electron chi connectivity index (χ4n) is 2.32. The van der Waals surface area contributed by atoms with Gasteiger partial charge in [-0.2, -0.15) is 5.10 Å². The molecular formula is C18H14Cl3N3O2. The zero-order valence-electron chi connectivity index (χ0n) is 13.5. The summed E-state index contributed by atoms with van der Waals surface area (Å²) >= 11 is 18.2. The van der Waals surface area contributed by atoms with Gasteiger partial charge in [0.15, 0.2) is 5.75 Å². The lowest BCUT2D eigenvalue weighted by Gasteiger charge is -2.08. The van der Waals surface area contributed by atoms with Gasteiger partial charge in [-0.05, 0) is 42.3 Å². The zero-order chi connectivity index (χ0) is 18.5. The van der Waals surface area contributed by atoms with E-state index in [1.807, 2.05) is 12.1 Å². The molecule has 134 valence electrons. The number of hydrogen-bond donors (Lipinski definition) is 1. The normalized spacial score (nSPS) is 10.6. The Bertz CT molecular complexity index is 907. The second-order valence-corrected chi connectivity index (χ2v) is 6.62. The monoisotopic (exact) mass is 409 g/mol. The van der Waals surface area contributed by atoms with E-state index in [0.717, 1.165) is 11.3 Å². The molecule has 1 amide bonds. The van der Waals surface area contributed by atoms with Crippen molar-refractivity contribution in [3.8, 4) is 11.4 Å².